The van der Waals surface area contributed by atoms with Crippen LogP contribution >= 0.6 is 0 Å². The highest BCUT2D eigenvalue weighted by atomic mass is 16.5. The minimum atomic E-state index is 0.107. The Morgan fingerprint density at radius 2 is 2.00 bits per heavy atom. The second-order valence-electron chi connectivity index (χ2n) is 6.02. The van der Waals surface area contributed by atoms with Gasteiger partial charge in [0.2, 0.25) is 5.88 Å². The van der Waals surface area contributed by atoms with E-state index in [9.17, 15) is 0 Å². The zero-order valence-electron chi connectivity index (χ0n) is 16.6. The molecular formula is C20H28N4O3. The quantitative estimate of drug-likeness (QED) is 0.546. The molecular weight excluding hydrogens is 344 g/mol. The Balaban J connectivity index is 1.96. The van der Waals surface area contributed by atoms with E-state index in [-0.39, 0.29) is 6.10 Å². The molecule has 0 aliphatic carbocycles. The highest BCUT2D eigenvalue weighted by Crippen LogP contribution is 2.30. The third kappa shape index (κ3) is 6.36. The van der Waals surface area contributed by atoms with Gasteiger partial charge in [-0.25, -0.2) is 4.98 Å². The highest BCUT2D eigenvalue weighted by molar-refractivity contribution is 5.93. The highest BCUT2D eigenvalue weighted by Gasteiger charge is 2.07. The number of nitrogens with zero attached hydrogens (tertiary/aromatic N) is 2. The predicted octanol–water partition coefficient (Wildman–Crippen LogP) is 3.46. The van der Waals surface area contributed by atoms with Crippen LogP contribution in [0.2, 0.25) is 0 Å². The number of methoxy groups -OCH3 is 1. The Morgan fingerprint density at radius 3 is 2.59 bits per heavy atom. The summed E-state index contributed by atoms with van der Waals surface area (Å²) < 4.78 is 16.5. The standard InChI is InChI=1S/C20H28N4O3/c1-6-26-17-9-8-16(11-18(17)25-5)24-20(21-4)23-13-15-7-10-19(22-12-15)27-14(2)3/h7-12,14H,6,13H2,1-5H3,(H2,21,23,24). The second kappa shape index (κ2) is 10.3. The number of rotatable bonds is 8. The van der Waals surface area contributed by atoms with E-state index < -0.39 is 0 Å². The third-order valence-corrected chi connectivity index (χ3v) is 3.56. The molecule has 0 fully saturated rings. The van der Waals surface area contributed by atoms with Gasteiger partial charge in [-0.1, -0.05) is 6.07 Å². The first-order chi connectivity index (χ1) is 13.0. The lowest BCUT2D eigenvalue weighted by Gasteiger charge is -2.15. The van der Waals surface area contributed by atoms with Gasteiger partial charge in [-0.15, -0.1) is 0 Å². The lowest BCUT2D eigenvalue weighted by atomic mass is 10.2. The van der Waals surface area contributed by atoms with Gasteiger partial charge >= 0.3 is 0 Å². The van der Waals surface area contributed by atoms with Gasteiger partial charge in [-0.05, 0) is 38.5 Å². The third-order valence-electron chi connectivity index (χ3n) is 3.56. The van der Waals surface area contributed by atoms with E-state index in [1.807, 2.05) is 51.1 Å². The summed E-state index contributed by atoms with van der Waals surface area (Å²) in [5.74, 6) is 2.65. The van der Waals surface area contributed by atoms with Crippen LogP contribution in [0.5, 0.6) is 17.4 Å². The molecule has 0 aliphatic heterocycles. The van der Waals surface area contributed by atoms with Crippen LogP contribution in [0.3, 0.4) is 0 Å². The van der Waals surface area contributed by atoms with Crippen molar-refractivity contribution in [2.45, 2.75) is 33.4 Å². The van der Waals surface area contributed by atoms with E-state index in [0.717, 1.165) is 11.3 Å². The van der Waals surface area contributed by atoms with Crippen LogP contribution in [-0.4, -0.2) is 37.8 Å². The van der Waals surface area contributed by atoms with Crippen molar-refractivity contribution in [3.8, 4) is 17.4 Å². The molecule has 1 aromatic heterocycles. The number of hydrogen-bond acceptors (Lipinski definition) is 5. The fourth-order valence-electron chi connectivity index (χ4n) is 2.35. The van der Waals surface area contributed by atoms with Crippen molar-refractivity contribution in [2.75, 3.05) is 26.1 Å². The van der Waals surface area contributed by atoms with Gasteiger partial charge in [0.25, 0.3) is 0 Å². The summed E-state index contributed by atoms with van der Waals surface area (Å²) in [4.78, 5) is 8.55. The molecule has 0 amide bonds. The zero-order valence-corrected chi connectivity index (χ0v) is 16.6. The van der Waals surface area contributed by atoms with Gasteiger partial charge in [0.15, 0.2) is 17.5 Å². The molecule has 27 heavy (non-hydrogen) atoms. The van der Waals surface area contributed by atoms with Gasteiger partial charge in [-0.2, -0.15) is 0 Å². The van der Waals surface area contributed by atoms with Crippen molar-refractivity contribution in [3.05, 3.63) is 42.1 Å². The molecule has 2 aromatic rings. The summed E-state index contributed by atoms with van der Waals surface area (Å²) >= 11 is 0. The van der Waals surface area contributed by atoms with E-state index in [0.29, 0.717) is 36.5 Å². The molecule has 7 nitrogen and oxygen atoms in total. The number of aromatic nitrogens is 1. The van der Waals surface area contributed by atoms with Gasteiger partial charge in [-0.3, -0.25) is 4.99 Å². The van der Waals surface area contributed by atoms with Crippen LogP contribution in [0, 0.1) is 0 Å². The molecule has 0 bridgehead atoms. The number of ether oxygens (including phenoxy) is 3. The van der Waals surface area contributed by atoms with Gasteiger partial charge < -0.3 is 24.8 Å². The van der Waals surface area contributed by atoms with Crippen LogP contribution in [0.25, 0.3) is 0 Å². The number of anilines is 1. The van der Waals surface area contributed by atoms with Crippen LogP contribution in [0.1, 0.15) is 26.3 Å². The molecule has 0 atom stereocenters. The Labute approximate surface area is 160 Å². The molecule has 1 aromatic carbocycles. The summed E-state index contributed by atoms with van der Waals surface area (Å²) in [6.45, 7) is 7.06. The number of guanidine groups is 1. The lowest BCUT2D eigenvalue weighted by Crippen LogP contribution is -2.30. The Morgan fingerprint density at radius 1 is 1.19 bits per heavy atom. The molecule has 0 unspecified atom stereocenters. The largest absolute Gasteiger partial charge is 0.493 e. The monoisotopic (exact) mass is 372 g/mol. The van der Waals surface area contributed by atoms with Crippen molar-refractivity contribution in [2.24, 2.45) is 4.99 Å². The fraction of sp³-hybridized carbons (Fsp3) is 0.400. The smallest absolute Gasteiger partial charge is 0.213 e. The van der Waals surface area contributed by atoms with E-state index in [4.69, 9.17) is 14.2 Å². The van der Waals surface area contributed by atoms with Gasteiger partial charge in [0.1, 0.15) is 0 Å². The molecule has 0 saturated heterocycles. The molecule has 0 radical (unpaired) electrons. The van der Waals surface area contributed by atoms with E-state index in [2.05, 4.69) is 20.6 Å². The van der Waals surface area contributed by atoms with Gasteiger partial charge in [0.05, 0.1) is 19.8 Å². The minimum Gasteiger partial charge on any atom is -0.493 e. The number of nitrogens with one attached hydrogen (secondary N) is 2. The zero-order chi connectivity index (χ0) is 19.6. The molecule has 0 spiro atoms. The lowest BCUT2D eigenvalue weighted by molar-refractivity contribution is 0.232. The van der Waals surface area contributed by atoms with Crippen LogP contribution in [0.4, 0.5) is 5.69 Å². The van der Waals surface area contributed by atoms with Crippen molar-refractivity contribution in [3.63, 3.8) is 0 Å². The average molecular weight is 372 g/mol. The first-order valence-corrected chi connectivity index (χ1v) is 8.95. The number of hydrogen-bond donors (Lipinski definition) is 2. The summed E-state index contributed by atoms with van der Waals surface area (Å²) in [6, 6.07) is 9.50. The molecule has 2 N–H and O–H groups in total. The van der Waals surface area contributed by atoms with Crippen molar-refractivity contribution in [1.82, 2.24) is 10.3 Å². The van der Waals surface area contributed by atoms with E-state index >= 15 is 0 Å². The predicted molar refractivity (Wildman–Crippen MR) is 108 cm³/mol. The topological polar surface area (TPSA) is 77.0 Å². The van der Waals surface area contributed by atoms with Gasteiger partial charge in [0, 0.05) is 37.6 Å². The van der Waals surface area contributed by atoms with Crippen LogP contribution < -0.4 is 24.8 Å². The molecule has 0 aliphatic rings. The van der Waals surface area contributed by atoms with Crippen molar-refractivity contribution >= 4 is 11.6 Å². The number of aliphatic imine (C=N–C) groups is 1. The Kier molecular flexibility index (Phi) is 7.73. The SMILES string of the molecule is CCOc1ccc(NC(=NC)NCc2ccc(OC(C)C)nc2)cc1OC. The Bertz CT molecular complexity index is 745. The maximum atomic E-state index is 5.55. The van der Waals surface area contributed by atoms with Crippen molar-refractivity contribution in [1.29, 1.82) is 0 Å². The van der Waals surface area contributed by atoms with E-state index in [1.165, 1.54) is 0 Å². The first kappa shape index (κ1) is 20.4. The summed E-state index contributed by atoms with van der Waals surface area (Å²) in [7, 11) is 3.34. The summed E-state index contributed by atoms with van der Waals surface area (Å²) in [5, 5.41) is 6.50. The Hall–Kier alpha value is -2.96. The molecule has 1 heterocycles. The molecule has 146 valence electrons. The number of benzene rings is 1. The average Bonchev–Trinajstić information content (AvgIpc) is 2.67. The van der Waals surface area contributed by atoms with Crippen LogP contribution in [0.15, 0.2) is 41.5 Å². The molecule has 2 rings (SSSR count). The second-order valence-corrected chi connectivity index (χ2v) is 6.02. The first-order valence-electron chi connectivity index (χ1n) is 8.95. The van der Waals surface area contributed by atoms with E-state index in [1.54, 1.807) is 20.4 Å². The minimum absolute atomic E-state index is 0.107. The molecule has 0 saturated carbocycles. The number of pyridine rings is 1. The maximum absolute atomic E-state index is 5.55. The summed E-state index contributed by atoms with van der Waals surface area (Å²) in [6.07, 6.45) is 1.90. The van der Waals surface area contributed by atoms with Crippen molar-refractivity contribution < 1.29 is 14.2 Å². The summed E-state index contributed by atoms with van der Waals surface area (Å²) in [5.41, 5.74) is 1.88. The normalized spacial score (nSPS) is 11.3. The maximum Gasteiger partial charge on any atom is 0.213 e. The van der Waals surface area contributed by atoms with Crippen LogP contribution in [-0.2, 0) is 6.54 Å². The molecule has 7 heteroatoms. The fourth-order valence-corrected chi connectivity index (χ4v) is 2.35.